The Morgan fingerprint density at radius 1 is 1.12 bits per heavy atom. The molecule has 0 N–H and O–H groups in total. The van der Waals surface area contributed by atoms with Gasteiger partial charge in [0.25, 0.3) is 0 Å². The van der Waals surface area contributed by atoms with Crippen LogP contribution in [0.25, 0.3) is 22.5 Å². The fourth-order valence-electron chi connectivity index (χ4n) is 3.22. The van der Waals surface area contributed by atoms with E-state index >= 15 is 0 Å². The molecule has 4 rings (SSSR count). The first-order valence-corrected chi connectivity index (χ1v) is 9.63. The van der Waals surface area contributed by atoms with Crippen molar-refractivity contribution in [3.05, 3.63) is 72.9 Å². The number of amides is 1. The highest BCUT2D eigenvalue weighted by atomic mass is 19.1. The SMILES string of the molecule is COCOc1ccccc1N(C(C)=O)c1onc(-c2ccc(F)cc2)c1-c1ccncn1. The number of hydrogen-bond donors (Lipinski definition) is 0. The summed E-state index contributed by atoms with van der Waals surface area (Å²) in [6.07, 6.45) is 2.95. The van der Waals surface area contributed by atoms with Crippen molar-refractivity contribution in [2.75, 3.05) is 18.8 Å². The van der Waals surface area contributed by atoms with E-state index in [9.17, 15) is 9.18 Å². The molecule has 0 radical (unpaired) electrons. The molecule has 0 saturated heterocycles. The van der Waals surface area contributed by atoms with E-state index in [0.29, 0.717) is 34.0 Å². The highest BCUT2D eigenvalue weighted by Gasteiger charge is 2.30. The van der Waals surface area contributed by atoms with Crippen LogP contribution in [0.4, 0.5) is 16.0 Å². The summed E-state index contributed by atoms with van der Waals surface area (Å²) >= 11 is 0. The molecule has 0 spiro atoms. The summed E-state index contributed by atoms with van der Waals surface area (Å²) in [5, 5.41) is 4.20. The van der Waals surface area contributed by atoms with Crippen molar-refractivity contribution in [2.45, 2.75) is 6.92 Å². The number of carbonyl (C=O) groups is 1. The summed E-state index contributed by atoms with van der Waals surface area (Å²) in [5.41, 5.74) is 2.38. The van der Waals surface area contributed by atoms with Gasteiger partial charge in [0.1, 0.15) is 23.6 Å². The van der Waals surface area contributed by atoms with E-state index in [0.717, 1.165) is 0 Å². The average molecular weight is 434 g/mol. The molecule has 2 aromatic carbocycles. The maximum Gasteiger partial charge on any atom is 0.248 e. The minimum atomic E-state index is -0.379. The first kappa shape index (κ1) is 21.1. The Bertz CT molecular complexity index is 1210. The van der Waals surface area contributed by atoms with E-state index in [1.807, 2.05) is 0 Å². The van der Waals surface area contributed by atoms with Gasteiger partial charge in [0.2, 0.25) is 11.8 Å². The lowest BCUT2D eigenvalue weighted by Crippen LogP contribution is -2.23. The van der Waals surface area contributed by atoms with E-state index in [1.54, 1.807) is 48.7 Å². The number of hydrogen-bond acceptors (Lipinski definition) is 7. The monoisotopic (exact) mass is 434 g/mol. The Morgan fingerprint density at radius 3 is 2.59 bits per heavy atom. The number of para-hydroxylation sites is 2. The van der Waals surface area contributed by atoms with Crippen molar-refractivity contribution in [2.24, 2.45) is 0 Å². The molecule has 162 valence electrons. The third-order valence-electron chi connectivity index (χ3n) is 4.59. The smallest absolute Gasteiger partial charge is 0.248 e. The van der Waals surface area contributed by atoms with Gasteiger partial charge in [-0.15, -0.1) is 0 Å². The summed E-state index contributed by atoms with van der Waals surface area (Å²) in [7, 11) is 1.50. The molecule has 0 unspecified atom stereocenters. The molecule has 2 heterocycles. The minimum absolute atomic E-state index is 0.00123. The Morgan fingerprint density at radius 2 is 1.91 bits per heavy atom. The molecule has 4 aromatic rings. The lowest BCUT2D eigenvalue weighted by Gasteiger charge is -2.22. The number of anilines is 2. The standard InChI is InChI=1S/C23H19FN4O4/c1-15(29)28(19-5-3-4-6-20(19)31-14-30-2)23-21(18-11-12-25-13-26-18)22(27-32-23)16-7-9-17(24)10-8-16/h3-13H,14H2,1-2H3. The molecular formula is C23H19FN4O4. The van der Waals surface area contributed by atoms with Crippen LogP contribution in [0.5, 0.6) is 5.75 Å². The van der Waals surface area contributed by atoms with Gasteiger partial charge in [0.15, 0.2) is 6.79 Å². The molecular weight excluding hydrogens is 415 g/mol. The average Bonchev–Trinajstić information content (AvgIpc) is 3.24. The van der Waals surface area contributed by atoms with Gasteiger partial charge in [-0.25, -0.2) is 19.3 Å². The quantitative estimate of drug-likeness (QED) is 0.393. The van der Waals surface area contributed by atoms with Crippen molar-refractivity contribution >= 4 is 17.5 Å². The molecule has 0 atom stereocenters. The zero-order valence-corrected chi connectivity index (χ0v) is 17.4. The van der Waals surface area contributed by atoms with Crippen molar-refractivity contribution in [1.29, 1.82) is 0 Å². The number of carbonyl (C=O) groups excluding carboxylic acids is 1. The molecule has 0 bridgehead atoms. The molecule has 0 saturated carbocycles. The molecule has 2 aromatic heterocycles. The molecule has 0 fully saturated rings. The maximum atomic E-state index is 13.5. The van der Waals surface area contributed by atoms with Crippen molar-refractivity contribution in [3.63, 3.8) is 0 Å². The third-order valence-corrected chi connectivity index (χ3v) is 4.59. The van der Waals surface area contributed by atoms with Crippen molar-refractivity contribution in [3.8, 4) is 28.3 Å². The highest BCUT2D eigenvalue weighted by Crippen LogP contribution is 2.43. The zero-order valence-electron chi connectivity index (χ0n) is 17.4. The first-order chi connectivity index (χ1) is 15.6. The summed E-state index contributed by atoms with van der Waals surface area (Å²) < 4.78 is 29.8. The highest BCUT2D eigenvalue weighted by molar-refractivity contribution is 6.04. The number of halogens is 1. The van der Waals surface area contributed by atoms with Crippen LogP contribution in [0.1, 0.15) is 6.92 Å². The van der Waals surface area contributed by atoms with Gasteiger partial charge in [-0.2, -0.15) is 0 Å². The molecule has 32 heavy (non-hydrogen) atoms. The summed E-state index contributed by atoms with van der Waals surface area (Å²) in [4.78, 5) is 22.4. The predicted molar refractivity (Wildman–Crippen MR) is 115 cm³/mol. The zero-order chi connectivity index (χ0) is 22.5. The van der Waals surface area contributed by atoms with Gasteiger partial charge in [-0.3, -0.25) is 4.79 Å². The fraction of sp³-hybridized carbons (Fsp3) is 0.130. The van der Waals surface area contributed by atoms with Crippen LogP contribution in [0, 0.1) is 5.82 Å². The van der Waals surface area contributed by atoms with E-state index in [2.05, 4.69) is 15.1 Å². The first-order valence-electron chi connectivity index (χ1n) is 9.63. The van der Waals surface area contributed by atoms with Crippen LogP contribution in [0.15, 0.2) is 71.6 Å². The number of rotatable bonds is 7. The normalized spacial score (nSPS) is 10.7. The Balaban J connectivity index is 1.92. The van der Waals surface area contributed by atoms with Gasteiger partial charge in [-0.05, 0) is 42.5 Å². The molecule has 0 aliphatic carbocycles. The molecule has 1 amide bonds. The van der Waals surface area contributed by atoms with Gasteiger partial charge in [-0.1, -0.05) is 17.3 Å². The Hall–Kier alpha value is -4.11. The topological polar surface area (TPSA) is 90.6 Å². The van der Waals surface area contributed by atoms with E-state index in [-0.39, 0.29) is 24.4 Å². The summed E-state index contributed by atoms with van der Waals surface area (Å²) in [6.45, 7) is 1.40. The number of ether oxygens (including phenoxy) is 2. The van der Waals surface area contributed by atoms with E-state index < -0.39 is 0 Å². The van der Waals surface area contributed by atoms with Crippen LogP contribution in [-0.2, 0) is 9.53 Å². The third kappa shape index (κ3) is 4.19. The lowest BCUT2D eigenvalue weighted by molar-refractivity contribution is -0.116. The van der Waals surface area contributed by atoms with Gasteiger partial charge < -0.3 is 14.0 Å². The maximum absolute atomic E-state index is 13.5. The van der Waals surface area contributed by atoms with Gasteiger partial charge >= 0.3 is 0 Å². The van der Waals surface area contributed by atoms with Crippen LogP contribution in [0.2, 0.25) is 0 Å². The fourth-order valence-corrected chi connectivity index (χ4v) is 3.22. The number of aromatic nitrogens is 3. The second-order valence-electron chi connectivity index (χ2n) is 6.69. The molecule has 9 heteroatoms. The lowest BCUT2D eigenvalue weighted by atomic mass is 10.0. The van der Waals surface area contributed by atoms with E-state index in [1.165, 1.54) is 37.4 Å². The largest absolute Gasteiger partial charge is 0.465 e. The number of nitrogens with zero attached hydrogens (tertiary/aromatic N) is 4. The predicted octanol–water partition coefficient (Wildman–Crippen LogP) is 4.61. The molecule has 0 aliphatic rings. The van der Waals surface area contributed by atoms with Crippen molar-refractivity contribution < 1.29 is 23.2 Å². The van der Waals surface area contributed by atoms with Gasteiger partial charge in [0.05, 0.1) is 16.9 Å². The summed E-state index contributed by atoms with van der Waals surface area (Å²) in [6, 6.07) is 14.5. The van der Waals surface area contributed by atoms with Crippen LogP contribution >= 0.6 is 0 Å². The van der Waals surface area contributed by atoms with Crippen LogP contribution in [-0.4, -0.2) is 34.9 Å². The second-order valence-corrected chi connectivity index (χ2v) is 6.69. The summed E-state index contributed by atoms with van der Waals surface area (Å²) in [5.74, 6) is -0.159. The molecule has 0 aliphatic heterocycles. The second kappa shape index (κ2) is 9.36. The van der Waals surface area contributed by atoms with Crippen LogP contribution in [0.3, 0.4) is 0 Å². The number of benzene rings is 2. The number of methoxy groups -OCH3 is 1. The van der Waals surface area contributed by atoms with Crippen LogP contribution < -0.4 is 9.64 Å². The minimum Gasteiger partial charge on any atom is -0.465 e. The van der Waals surface area contributed by atoms with E-state index in [4.69, 9.17) is 14.0 Å². The Kier molecular flexibility index (Phi) is 6.18. The van der Waals surface area contributed by atoms with Crippen molar-refractivity contribution in [1.82, 2.24) is 15.1 Å². The Labute approximate surface area is 183 Å². The van der Waals surface area contributed by atoms with Gasteiger partial charge in [0, 0.05) is 25.8 Å². The molecule has 8 nitrogen and oxygen atoms in total.